The molecule has 0 aliphatic carbocycles. The molecule has 4 heteroatoms. The van der Waals surface area contributed by atoms with Crippen molar-refractivity contribution < 1.29 is 0 Å². The number of imidazole rings is 1. The van der Waals surface area contributed by atoms with Crippen LogP contribution in [0.5, 0.6) is 0 Å². The molecule has 0 aliphatic heterocycles. The number of benzene rings is 1. The summed E-state index contributed by atoms with van der Waals surface area (Å²) in [5.41, 5.74) is 4.31. The second-order valence-corrected chi connectivity index (χ2v) is 9.44. The van der Waals surface area contributed by atoms with E-state index in [1.807, 2.05) is 18.3 Å². The number of nitrogens with zero attached hydrogens (tertiary/aromatic N) is 2. The van der Waals surface area contributed by atoms with Gasteiger partial charge >= 0.3 is 0 Å². The van der Waals surface area contributed by atoms with Crippen LogP contribution in [-0.4, -0.2) is 14.9 Å². The molecule has 138 valence electrons. The Labute approximate surface area is 161 Å². The van der Waals surface area contributed by atoms with Crippen LogP contribution in [0.3, 0.4) is 0 Å². The third-order valence-electron chi connectivity index (χ3n) is 4.30. The highest BCUT2D eigenvalue weighted by Crippen LogP contribution is 2.35. The second-order valence-electron chi connectivity index (χ2n) is 9.00. The zero-order valence-corrected chi connectivity index (χ0v) is 17.3. The van der Waals surface area contributed by atoms with Gasteiger partial charge in [0.15, 0.2) is 0 Å². The maximum absolute atomic E-state index is 6.27. The van der Waals surface area contributed by atoms with E-state index in [0.29, 0.717) is 5.02 Å². The summed E-state index contributed by atoms with van der Waals surface area (Å²) in [7, 11) is 0. The molecule has 0 atom stereocenters. The van der Waals surface area contributed by atoms with E-state index in [9.17, 15) is 0 Å². The van der Waals surface area contributed by atoms with E-state index in [-0.39, 0.29) is 11.0 Å². The third-order valence-corrected chi connectivity index (χ3v) is 4.53. The lowest BCUT2D eigenvalue weighted by molar-refractivity contribution is 0.302. The van der Waals surface area contributed by atoms with E-state index in [2.05, 4.69) is 75.5 Å². The molecule has 0 aliphatic rings. The summed E-state index contributed by atoms with van der Waals surface area (Å²) in [6.45, 7) is 13.4. The average molecular weight is 370 g/mol. The number of pyridine rings is 1. The zero-order chi connectivity index (χ0) is 19.1. The molecule has 2 aromatic heterocycles. The summed E-state index contributed by atoms with van der Waals surface area (Å²) in [5, 5.41) is 4.45. The van der Waals surface area contributed by atoms with Gasteiger partial charge in [-0.1, -0.05) is 56.1 Å². The van der Waals surface area contributed by atoms with E-state index in [1.165, 1.54) is 5.56 Å². The first-order valence-corrected chi connectivity index (χ1v) is 9.45. The van der Waals surface area contributed by atoms with Gasteiger partial charge in [-0.3, -0.25) is 4.40 Å². The van der Waals surface area contributed by atoms with Crippen LogP contribution in [0.1, 0.15) is 46.6 Å². The highest BCUT2D eigenvalue weighted by molar-refractivity contribution is 6.30. The molecule has 26 heavy (non-hydrogen) atoms. The number of anilines is 1. The zero-order valence-electron chi connectivity index (χ0n) is 16.5. The monoisotopic (exact) mass is 369 g/mol. The molecule has 1 aromatic carbocycles. The molecule has 0 saturated heterocycles. The predicted molar refractivity (Wildman–Crippen MR) is 112 cm³/mol. The Morgan fingerprint density at radius 2 is 1.81 bits per heavy atom. The van der Waals surface area contributed by atoms with E-state index in [1.54, 1.807) is 0 Å². The quantitative estimate of drug-likeness (QED) is 0.562. The lowest BCUT2D eigenvalue weighted by Crippen LogP contribution is -2.36. The minimum Gasteiger partial charge on any atom is -0.364 e. The van der Waals surface area contributed by atoms with Gasteiger partial charge in [0.25, 0.3) is 0 Å². The Bertz CT molecular complexity index is 932. The number of hydrogen-bond donors (Lipinski definition) is 1. The first-order chi connectivity index (χ1) is 12.0. The largest absolute Gasteiger partial charge is 0.364 e. The van der Waals surface area contributed by atoms with Crippen LogP contribution in [0.2, 0.25) is 5.02 Å². The van der Waals surface area contributed by atoms with Crippen molar-refractivity contribution >= 4 is 23.1 Å². The summed E-state index contributed by atoms with van der Waals surface area (Å²) in [6.07, 6.45) is 2.96. The van der Waals surface area contributed by atoms with Gasteiger partial charge in [-0.2, -0.15) is 0 Å². The molecule has 3 rings (SSSR count). The Balaban J connectivity index is 2.15. The summed E-state index contributed by atoms with van der Waals surface area (Å²) in [6, 6.07) is 12.3. The van der Waals surface area contributed by atoms with Crippen molar-refractivity contribution in [3.8, 4) is 11.3 Å². The Morgan fingerprint density at radius 3 is 2.46 bits per heavy atom. The number of aromatic nitrogens is 2. The molecule has 0 amide bonds. The topological polar surface area (TPSA) is 29.3 Å². The Hall–Kier alpha value is -2.00. The maximum Gasteiger partial charge on any atom is 0.139 e. The third kappa shape index (κ3) is 4.21. The number of rotatable bonds is 4. The van der Waals surface area contributed by atoms with Crippen molar-refractivity contribution in [2.75, 3.05) is 5.32 Å². The number of aryl methyl sites for hydroxylation is 1. The van der Waals surface area contributed by atoms with Gasteiger partial charge in [-0.05, 0) is 50.8 Å². The van der Waals surface area contributed by atoms with Crippen LogP contribution < -0.4 is 5.32 Å². The van der Waals surface area contributed by atoms with Crippen molar-refractivity contribution in [2.24, 2.45) is 5.41 Å². The summed E-state index contributed by atoms with van der Waals surface area (Å²) in [4.78, 5) is 4.89. The van der Waals surface area contributed by atoms with Gasteiger partial charge in [0.05, 0.1) is 5.02 Å². The van der Waals surface area contributed by atoms with Gasteiger partial charge in [-0.25, -0.2) is 4.98 Å². The molecule has 0 unspecified atom stereocenters. The normalized spacial score (nSPS) is 12.6. The molecular formula is C22H28ClN3. The number of fused-ring (bicyclic) bond motifs is 1. The first kappa shape index (κ1) is 18.8. The first-order valence-electron chi connectivity index (χ1n) is 9.07. The minimum absolute atomic E-state index is 0.0882. The predicted octanol–water partition coefficient (Wildman–Crippen LogP) is 6.59. The number of halogens is 1. The summed E-state index contributed by atoms with van der Waals surface area (Å²) >= 11 is 6.27. The molecule has 0 bridgehead atoms. The number of nitrogens with one attached hydrogen (secondary N) is 1. The summed E-state index contributed by atoms with van der Waals surface area (Å²) < 4.78 is 2.06. The van der Waals surface area contributed by atoms with E-state index in [0.717, 1.165) is 29.1 Å². The van der Waals surface area contributed by atoms with Gasteiger partial charge in [-0.15, -0.1) is 0 Å². The fourth-order valence-corrected chi connectivity index (χ4v) is 3.98. The molecule has 0 radical (unpaired) electrons. The fourth-order valence-electron chi connectivity index (χ4n) is 3.82. The highest BCUT2D eigenvalue weighted by atomic mass is 35.5. The van der Waals surface area contributed by atoms with Crippen molar-refractivity contribution in [1.82, 2.24) is 9.38 Å². The van der Waals surface area contributed by atoms with E-state index < -0.39 is 0 Å². The molecule has 0 fully saturated rings. The SMILES string of the molecule is Cc1cccc(-c2nc3ccc(Cl)cn3c2NC(C)(C)CC(C)(C)C)c1. The standard InChI is InChI=1S/C22H28ClN3/c1-15-8-7-9-16(12-15)19-20(25-22(5,6)14-21(2,3)4)26-13-17(23)10-11-18(26)24-19/h7-13,25H,14H2,1-6H3. The molecule has 0 saturated carbocycles. The van der Waals surface area contributed by atoms with Gasteiger partial charge in [0, 0.05) is 17.3 Å². The molecule has 1 N–H and O–H groups in total. The van der Waals surface area contributed by atoms with Crippen LogP contribution in [-0.2, 0) is 0 Å². The van der Waals surface area contributed by atoms with Crippen molar-refractivity contribution in [2.45, 2.75) is 53.5 Å². The average Bonchev–Trinajstić information content (AvgIpc) is 2.82. The maximum atomic E-state index is 6.27. The van der Waals surface area contributed by atoms with Gasteiger partial charge < -0.3 is 5.32 Å². The Morgan fingerprint density at radius 1 is 1.08 bits per heavy atom. The van der Waals surface area contributed by atoms with Crippen LogP contribution in [0.4, 0.5) is 5.82 Å². The van der Waals surface area contributed by atoms with Crippen LogP contribution in [0.25, 0.3) is 16.9 Å². The van der Waals surface area contributed by atoms with Crippen molar-refractivity contribution in [1.29, 1.82) is 0 Å². The lowest BCUT2D eigenvalue weighted by atomic mass is 9.82. The van der Waals surface area contributed by atoms with Gasteiger partial charge in [0.2, 0.25) is 0 Å². The van der Waals surface area contributed by atoms with Crippen molar-refractivity contribution in [3.63, 3.8) is 0 Å². The van der Waals surface area contributed by atoms with Crippen molar-refractivity contribution in [3.05, 3.63) is 53.2 Å². The smallest absolute Gasteiger partial charge is 0.139 e. The van der Waals surface area contributed by atoms with Crippen LogP contribution in [0.15, 0.2) is 42.6 Å². The minimum atomic E-state index is -0.0882. The molecule has 3 aromatic rings. The highest BCUT2D eigenvalue weighted by Gasteiger charge is 2.28. The number of hydrogen-bond acceptors (Lipinski definition) is 2. The Kier molecular flexibility index (Phi) is 4.78. The van der Waals surface area contributed by atoms with E-state index >= 15 is 0 Å². The molecular weight excluding hydrogens is 342 g/mol. The van der Waals surface area contributed by atoms with Crippen LogP contribution in [0, 0.1) is 12.3 Å². The van der Waals surface area contributed by atoms with Gasteiger partial charge in [0.1, 0.15) is 17.2 Å². The summed E-state index contributed by atoms with van der Waals surface area (Å²) in [5.74, 6) is 0.988. The second kappa shape index (κ2) is 6.62. The molecule has 3 nitrogen and oxygen atoms in total. The van der Waals surface area contributed by atoms with Crippen LogP contribution >= 0.6 is 11.6 Å². The molecule has 0 spiro atoms. The lowest BCUT2D eigenvalue weighted by Gasteiger charge is -2.34. The molecule has 2 heterocycles. The van der Waals surface area contributed by atoms with E-state index in [4.69, 9.17) is 16.6 Å². The fraction of sp³-hybridized carbons (Fsp3) is 0.409.